The Morgan fingerprint density at radius 3 is 2.60 bits per heavy atom. The van der Waals surface area contributed by atoms with Crippen molar-refractivity contribution in [1.29, 1.82) is 0 Å². The molecule has 0 aliphatic carbocycles. The number of carbonyl (C=O) groups is 2. The van der Waals surface area contributed by atoms with Crippen molar-refractivity contribution in [3.8, 4) is 0 Å². The maximum absolute atomic E-state index is 12.1. The predicted molar refractivity (Wildman–Crippen MR) is 75.8 cm³/mol. The molecule has 1 unspecified atom stereocenters. The quantitative estimate of drug-likeness (QED) is 0.837. The Morgan fingerprint density at radius 1 is 1.30 bits per heavy atom. The molecule has 1 aromatic rings. The molecule has 106 valence electrons. The second kappa shape index (κ2) is 6.37. The van der Waals surface area contributed by atoms with Crippen LogP contribution < -0.4 is 5.32 Å². The highest BCUT2D eigenvalue weighted by molar-refractivity contribution is 5.94. The van der Waals surface area contributed by atoms with E-state index in [0.717, 1.165) is 24.1 Å². The van der Waals surface area contributed by atoms with Gasteiger partial charge in [0.15, 0.2) is 5.78 Å². The lowest BCUT2D eigenvalue weighted by atomic mass is 10.00. The molecule has 0 saturated carbocycles. The van der Waals surface area contributed by atoms with Crippen molar-refractivity contribution in [2.45, 2.75) is 39.3 Å². The van der Waals surface area contributed by atoms with Crippen LogP contribution in [0, 0.1) is 0 Å². The molecule has 1 aromatic carbocycles. The van der Waals surface area contributed by atoms with E-state index in [1.807, 2.05) is 37.3 Å². The third-order valence-electron chi connectivity index (χ3n) is 3.23. The molecule has 2 rings (SSSR count). The third-order valence-corrected chi connectivity index (χ3v) is 3.23. The molecule has 0 fully saturated rings. The molecule has 20 heavy (non-hydrogen) atoms. The first-order valence-electron chi connectivity index (χ1n) is 6.85. The van der Waals surface area contributed by atoms with E-state index >= 15 is 0 Å². The van der Waals surface area contributed by atoms with Gasteiger partial charge in [-0.2, -0.15) is 0 Å². The largest absolute Gasteiger partial charge is 0.431 e. The number of nitrogens with one attached hydrogen (secondary N) is 1. The van der Waals surface area contributed by atoms with Gasteiger partial charge in [0.25, 0.3) is 0 Å². The lowest BCUT2D eigenvalue weighted by Crippen LogP contribution is -2.44. The highest BCUT2D eigenvalue weighted by atomic mass is 16.6. The summed E-state index contributed by atoms with van der Waals surface area (Å²) in [7, 11) is 0. The van der Waals surface area contributed by atoms with E-state index in [1.54, 1.807) is 0 Å². The Balaban J connectivity index is 2.27. The maximum Gasteiger partial charge on any atom is 0.338 e. The van der Waals surface area contributed by atoms with Crippen LogP contribution in [0.5, 0.6) is 0 Å². The van der Waals surface area contributed by atoms with Gasteiger partial charge in [0.1, 0.15) is 0 Å². The maximum atomic E-state index is 12.1. The molecule has 0 aromatic heterocycles. The number of Topliss-reactive ketones (excluding diaryl/α,β-unsaturated/α-hetero) is 1. The molecule has 1 aliphatic rings. The van der Waals surface area contributed by atoms with Gasteiger partial charge in [0.05, 0.1) is 5.57 Å². The Bertz CT molecular complexity index is 534. The lowest BCUT2D eigenvalue weighted by molar-refractivity contribution is -0.154. The molecule has 0 spiro atoms. The fourth-order valence-corrected chi connectivity index (χ4v) is 2.21. The van der Waals surface area contributed by atoms with E-state index in [9.17, 15) is 9.59 Å². The van der Waals surface area contributed by atoms with Crippen molar-refractivity contribution >= 4 is 11.8 Å². The van der Waals surface area contributed by atoms with Gasteiger partial charge < -0.3 is 10.1 Å². The molecule has 1 aliphatic heterocycles. The minimum absolute atomic E-state index is 0.189. The van der Waals surface area contributed by atoms with Crippen molar-refractivity contribution in [1.82, 2.24) is 5.32 Å². The van der Waals surface area contributed by atoms with Crippen LogP contribution in [0.4, 0.5) is 0 Å². The van der Waals surface area contributed by atoms with Crippen molar-refractivity contribution in [2.24, 2.45) is 0 Å². The summed E-state index contributed by atoms with van der Waals surface area (Å²) in [5, 5.41) is 3.04. The first kappa shape index (κ1) is 14.3. The summed E-state index contributed by atoms with van der Waals surface area (Å²) < 4.78 is 5.15. The highest BCUT2D eigenvalue weighted by Crippen LogP contribution is 2.21. The normalized spacial score (nSPS) is 18.5. The second-order valence-corrected chi connectivity index (χ2v) is 4.91. The van der Waals surface area contributed by atoms with E-state index in [-0.39, 0.29) is 5.78 Å². The summed E-state index contributed by atoms with van der Waals surface area (Å²) in [6.07, 6.45) is 1.32. The first-order chi connectivity index (χ1) is 9.61. The summed E-state index contributed by atoms with van der Waals surface area (Å²) in [6.45, 7) is 3.45. The Hall–Kier alpha value is -2.10. The van der Waals surface area contributed by atoms with E-state index in [2.05, 4.69) is 5.32 Å². The summed E-state index contributed by atoms with van der Waals surface area (Å²) in [4.78, 5) is 23.5. The first-order valence-corrected chi connectivity index (χ1v) is 6.85. The molecule has 1 heterocycles. The van der Waals surface area contributed by atoms with Crippen LogP contribution in [0.2, 0.25) is 0 Å². The van der Waals surface area contributed by atoms with E-state index in [0.29, 0.717) is 12.0 Å². The molecule has 0 bridgehead atoms. The Kier molecular flexibility index (Phi) is 4.56. The molecular weight excluding hydrogens is 254 g/mol. The van der Waals surface area contributed by atoms with Gasteiger partial charge in [-0.1, -0.05) is 43.7 Å². The monoisotopic (exact) mass is 273 g/mol. The number of ether oxygens (including phenoxy) is 1. The fraction of sp³-hybridized carbons (Fsp3) is 0.375. The lowest BCUT2D eigenvalue weighted by Gasteiger charge is -2.27. The zero-order valence-electron chi connectivity index (χ0n) is 11.8. The van der Waals surface area contributed by atoms with Crippen LogP contribution in [0.25, 0.3) is 0 Å². The zero-order chi connectivity index (χ0) is 14.5. The Morgan fingerprint density at radius 2 is 2.00 bits per heavy atom. The third kappa shape index (κ3) is 3.26. The summed E-state index contributed by atoms with van der Waals surface area (Å²) in [6, 6.07) is 9.76. The fourth-order valence-electron chi connectivity index (χ4n) is 2.21. The number of ketones is 1. The van der Waals surface area contributed by atoms with Crippen LogP contribution in [0.3, 0.4) is 0 Å². The van der Waals surface area contributed by atoms with Crippen LogP contribution in [0.1, 0.15) is 32.3 Å². The Labute approximate surface area is 118 Å². The van der Waals surface area contributed by atoms with Crippen molar-refractivity contribution in [2.75, 3.05) is 0 Å². The molecule has 1 N–H and O–H groups in total. The number of allylic oxidation sites excluding steroid dienone is 1. The van der Waals surface area contributed by atoms with Crippen molar-refractivity contribution in [3.63, 3.8) is 0 Å². The minimum atomic E-state index is -0.844. The zero-order valence-corrected chi connectivity index (χ0v) is 11.8. The molecule has 1 atom stereocenters. The molecule has 0 saturated heterocycles. The molecule has 4 heteroatoms. The van der Waals surface area contributed by atoms with Crippen LogP contribution >= 0.6 is 0 Å². The highest BCUT2D eigenvalue weighted by Gasteiger charge is 2.30. The second-order valence-electron chi connectivity index (χ2n) is 4.91. The SMILES string of the molecule is CCCC1=C(Cc2ccccc2)C(=O)OC(C(C)=O)N1. The van der Waals surface area contributed by atoms with Crippen LogP contribution in [-0.2, 0) is 20.7 Å². The van der Waals surface area contributed by atoms with Gasteiger partial charge in [-0.3, -0.25) is 4.79 Å². The average Bonchev–Trinajstić information content (AvgIpc) is 2.43. The van der Waals surface area contributed by atoms with Gasteiger partial charge in [-0.15, -0.1) is 0 Å². The standard InChI is InChI=1S/C16H19NO3/c1-3-7-14-13(10-12-8-5-4-6-9-12)16(19)20-15(17-14)11(2)18/h4-6,8-9,15,17H,3,7,10H2,1-2H3. The molecule has 0 amide bonds. The predicted octanol–water partition coefficient (Wildman–Crippen LogP) is 2.34. The van der Waals surface area contributed by atoms with Gasteiger partial charge >= 0.3 is 5.97 Å². The van der Waals surface area contributed by atoms with Gasteiger partial charge in [0, 0.05) is 19.0 Å². The number of esters is 1. The van der Waals surface area contributed by atoms with E-state index in [1.165, 1.54) is 6.92 Å². The van der Waals surface area contributed by atoms with Gasteiger partial charge in [-0.05, 0) is 12.0 Å². The topological polar surface area (TPSA) is 55.4 Å². The molecular formula is C16H19NO3. The molecule has 0 radical (unpaired) electrons. The average molecular weight is 273 g/mol. The van der Waals surface area contributed by atoms with E-state index < -0.39 is 12.2 Å². The van der Waals surface area contributed by atoms with Crippen molar-refractivity contribution < 1.29 is 14.3 Å². The number of hydrogen-bond donors (Lipinski definition) is 1. The number of hydrogen-bond acceptors (Lipinski definition) is 4. The number of cyclic esters (lactones) is 1. The minimum Gasteiger partial charge on any atom is -0.431 e. The van der Waals surface area contributed by atoms with Gasteiger partial charge in [0.2, 0.25) is 6.23 Å². The van der Waals surface area contributed by atoms with E-state index in [4.69, 9.17) is 4.74 Å². The van der Waals surface area contributed by atoms with Crippen LogP contribution in [-0.4, -0.2) is 18.0 Å². The summed E-state index contributed by atoms with van der Waals surface area (Å²) in [5.74, 6) is -0.582. The number of rotatable bonds is 5. The smallest absolute Gasteiger partial charge is 0.338 e. The summed E-state index contributed by atoms with van der Waals surface area (Å²) in [5.41, 5.74) is 2.50. The molecule has 4 nitrogen and oxygen atoms in total. The van der Waals surface area contributed by atoms with Crippen LogP contribution in [0.15, 0.2) is 41.6 Å². The van der Waals surface area contributed by atoms with Crippen molar-refractivity contribution in [3.05, 3.63) is 47.2 Å². The number of carbonyl (C=O) groups excluding carboxylic acids is 2. The summed E-state index contributed by atoms with van der Waals surface area (Å²) >= 11 is 0. The van der Waals surface area contributed by atoms with Gasteiger partial charge in [-0.25, -0.2) is 4.79 Å². The number of benzene rings is 1.